The molecule has 19 heavy (non-hydrogen) atoms. The number of anilines is 1. The summed E-state index contributed by atoms with van der Waals surface area (Å²) in [5.41, 5.74) is 5.69. The van der Waals surface area contributed by atoms with Crippen LogP contribution in [0.1, 0.15) is 12.8 Å². The summed E-state index contributed by atoms with van der Waals surface area (Å²) in [6.07, 6.45) is -3.43. The summed E-state index contributed by atoms with van der Waals surface area (Å²) in [6, 6.07) is 6.43. The molecular formula is C12H15F3N2OS. The first-order chi connectivity index (χ1) is 8.92. The average molecular weight is 292 g/mol. The lowest BCUT2D eigenvalue weighted by Crippen LogP contribution is -2.14. The fourth-order valence-electron chi connectivity index (χ4n) is 1.33. The highest BCUT2D eigenvalue weighted by molar-refractivity contribution is 7.99. The fourth-order valence-corrected chi connectivity index (χ4v) is 2.10. The van der Waals surface area contributed by atoms with Crippen molar-refractivity contribution in [1.82, 2.24) is 0 Å². The van der Waals surface area contributed by atoms with Crippen LogP contribution < -0.4 is 11.1 Å². The number of hydrogen-bond acceptors (Lipinski definition) is 3. The highest BCUT2D eigenvalue weighted by atomic mass is 32.2. The van der Waals surface area contributed by atoms with E-state index in [1.807, 2.05) is 0 Å². The second-order valence-corrected chi connectivity index (χ2v) is 4.86. The van der Waals surface area contributed by atoms with E-state index in [4.69, 9.17) is 5.73 Å². The van der Waals surface area contributed by atoms with Gasteiger partial charge in [0.25, 0.3) is 0 Å². The van der Waals surface area contributed by atoms with Gasteiger partial charge in [0.1, 0.15) is 0 Å². The Kier molecular flexibility index (Phi) is 6.17. The Bertz CT molecular complexity index is 424. The first-order valence-electron chi connectivity index (χ1n) is 5.71. The summed E-state index contributed by atoms with van der Waals surface area (Å²) in [7, 11) is 0. The van der Waals surface area contributed by atoms with E-state index in [1.54, 1.807) is 24.3 Å². The lowest BCUT2D eigenvalue weighted by molar-refractivity contribution is -0.116. The zero-order chi connectivity index (χ0) is 14.3. The van der Waals surface area contributed by atoms with Gasteiger partial charge in [0, 0.05) is 11.3 Å². The molecule has 7 heteroatoms. The van der Waals surface area contributed by atoms with Gasteiger partial charge >= 0.3 is 6.18 Å². The molecule has 0 aliphatic carbocycles. The molecule has 1 rings (SSSR count). The normalized spacial score (nSPS) is 11.4. The van der Waals surface area contributed by atoms with Crippen LogP contribution >= 0.6 is 11.8 Å². The number of alkyl halides is 3. The maximum absolute atomic E-state index is 12.2. The molecule has 0 unspecified atom stereocenters. The molecule has 1 aromatic carbocycles. The van der Waals surface area contributed by atoms with Crippen molar-refractivity contribution in [3.63, 3.8) is 0 Å². The van der Waals surface area contributed by atoms with E-state index in [2.05, 4.69) is 5.32 Å². The summed E-state index contributed by atoms with van der Waals surface area (Å²) in [5.74, 6) is -1.23. The molecule has 1 amide bonds. The van der Waals surface area contributed by atoms with Crippen LogP contribution in [0.4, 0.5) is 18.9 Å². The molecule has 0 spiro atoms. The molecule has 0 fully saturated rings. The SMILES string of the molecule is NCCCC(=O)Nc1ccccc1SCC(F)(F)F. The number of carbonyl (C=O) groups is 1. The molecule has 0 saturated heterocycles. The summed E-state index contributed by atoms with van der Waals surface area (Å²) < 4.78 is 36.5. The standard InChI is InChI=1S/C12H15F3N2OS/c13-12(14,15)8-19-10-5-2-1-4-9(10)17-11(18)6-3-7-16/h1-2,4-5H,3,6-8,16H2,(H,17,18). The lowest BCUT2D eigenvalue weighted by Gasteiger charge is -2.11. The molecule has 0 aliphatic rings. The third-order valence-corrected chi connectivity index (χ3v) is 3.30. The Morgan fingerprint density at radius 2 is 2.00 bits per heavy atom. The highest BCUT2D eigenvalue weighted by Gasteiger charge is 2.27. The quantitative estimate of drug-likeness (QED) is 0.792. The molecule has 0 bridgehead atoms. The number of thioether (sulfide) groups is 1. The molecule has 0 radical (unpaired) electrons. The third kappa shape index (κ3) is 6.49. The van der Waals surface area contributed by atoms with E-state index in [0.717, 1.165) is 0 Å². The molecule has 0 heterocycles. The molecule has 0 saturated carbocycles. The third-order valence-electron chi connectivity index (χ3n) is 2.16. The van der Waals surface area contributed by atoms with Gasteiger partial charge in [-0.3, -0.25) is 4.79 Å². The van der Waals surface area contributed by atoms with Crippen molar-refractivity contribution < 1.29 is 18.0 Å². The minimum atomic E-state index is -4.23. The van der Waals surface area contributed by atoms with Crippen LogP contribution in [0.15, 0.2) is 29.2 Å². The van der Waals surface area contributed by atoms with Crippen molar-refractivity contribution in [1.29, 1.82) is 0 Å². The second-order valence-electron chi connectivity index (χ2n) is 3.84. The van der Waals surface area contributed by atoms with Gasteiger partial charge in [0.15, 0.2) is 0 Å². The molecule has 0 atom stereocenters. The predicted molar refractivity (Wildman–Crippen MR) is 70.1 cm³/mol. The number of benzene rings is 1. The van der Waals surface area contributed by atoms with Crippen LogP contribution in [0.5, 0.6) is 0 Å². The number of halogens is 3. The van der Waals surface area contributed by atoms with Crippen molar-refractivity contribution >= 4 is 23.4 Å². The van der Waals surface area contributed by atoms with E-state index in [-0.39, 0.29) is 12.3 Å². The Balaban J connectivity index is 2.65. The smallest absolute Gasteiger partial charge is 0.330 e. The van der Waals surface area contributed by atoms with Crippen LogP contribution in [0.3, 0.4) is 0 Å². The Hall–Kier alpha value is -1.21. The summed E-state index contributed by atoms with van der Waals surface area (Å²) in [4.78, 5) is 11.9. The first-order valence-corrected chi connectivity index (χ1v) is 6.69. The first kappa shape index (κ1) is 15.8. The van der Waals surface area contributed by atoms with Crippen LogP contribution in [0.2, 0.25) is 0 Å². The van der Waals surface area contributed by atoms with Crippen molar-refractivity contribution in [3.8, 4) is 0 Å². The molecule has 106 valence electrons. The van der Waals surface area contributed by atoms with Gasteiger partial charge in [0.05, 0.1) is 11.4 Å². The van der Waals surface area contributed by atoms with E-state index in [1.165, 1.54) is 0 Å². The van der Waals surface area contributed by atoms with Crippen LogP contribution in [-0.4, -0.2) is 24.4 Å². The van der Waals surface area contributed by atoms with Crippen molar-refractivity contribution in [2.24, 2.45) is 5.73 Å². The number of hydrogen-bond donors (Lipinski definition) is 2. The minimum absolute atomic E-state index is 0.245. The van der Waals surface area contributed by atoms with Crippen molar-refractivity contribution in [2.75, 3.05) is 17.6 Å². The van der Waals surface area contributed by atoms with Gasteiger partial charge in [0.2, 0.25) is 5.91 Å². The van der Waals surface area contributed by atoms with E-state index < -0.39 is 11.9 Å². The van der Waals surface area contributed by atoms with Crippen molar-refractivity contribution in [2.45, 2.75) is 23.9 Å². The topological polar surface area (TPSA) is 55.1 Å². The number of amides is 1. The number of para-hydroxylation sites is 1. The Morgan fingerprint density at radius 3 is 2.63 bits per heavy atom. The molecule has 3 nitrogen and oxygen atoms in total. The molecule has 1 aromatic rings. The number of rotatable bonds is 6. The summed E-state index contributed by atoms with van der Waals surface area (Å²) in [6.45, 7) is 0.401. The van der Waals surface area contributed by atoms with E-state index in [9.17, 15) is 18.0 Å². The highest BCUT2D eigenvalue weighted by Crippen LogP contribution is 2.32. The Labute approximate surface area is 113 Å². The van der Waals surface area contributed by atoms with Gasteiger partial charge in [-0.2, -0.15) is 13.2 Å². The zero-order valence-electron chi connectivity index (χ0n) is 10.2. The molecular weight excluding hydrogens is 277 g/mol. The minimum Gasteiger partial charge on any atom is -0.330 e. The lowest BCUT2D eigenvalue weighted by atomic mass is 10.2. The fraction of sp³-hybridized carbons (Fsp3) is 0.417. The monoisotopic (exact) mass is 292 g/mol. The maximum atomic E-state index is 12.2. The predicted octanol–water partition coefficient (Wildman–Crippen LogP) is 3.02. The average Bonchev–Trinajstić information content (AvgIpc) is 2.34. The number of carbonyl (C=O) groups excluding carboxylic acids is 1. The molecule has 0 aliphatic heterocycles. The largest absolute Gasteiger partial charge is 0.398 e. The van der Waals surface area contributed by atoms with Crippen molar-refractivity contribution in [3.05, 3.63) is 24.3 Å². The summed E-state index contributed by atoms with van der Waals surface area (Å²) >= 11 is 0.655. The second kappa shape index (κ2) is 7.40. The molecule has 3 N–H and O–H groups in total. The van der Waals surface area contributed by atoms with Gasteiger partial charge < -0.3 is 11.1 Å². The number of nitrogens with two attached hydrogens (primary N) is 1. The van der Waals surface area contributed by atoms with Gasteiger partial charge in [-0.25, -0.2) is 0 Å². The van der Waals surface area contributed by atoms with E-state index >= 15 is 0 Å². The molecule has 0 aromatic heterocycles. The Morgan fingerprint density at radius 1 is 1.32 bits per heavy atom. The van der Waals surface area contributed by atoms with Gasteiger partial charge in [-0.05, 0) is 25.1 Å². The maximum Gasteiger partial charge on any atom is 0.398 e. The van der Waals surface area contributed by atoms with E-state index in [0.29, 0.717) is 35.3 Å². The summed E-state index contributed by atoms with van der Waals surface area (Å²) in [5, 5.41) is 2.60. The zero-order valence-corrected chi connectivity index (χ0v) is 11.0. The van der Waals surface area contributed by atoms with Crippen LogP contribution in [-0.2, 0) is 4.79 Å². The van der Waals surface area contributed by atoms with Crippen LogP contribution in [0, 0.1) is 0 Å². The van der Waals surface area contributed by atoms with Gasteiger partial charge in [-0.1, -0.05) is 12.1 Å². The van der Waals surface area contributed by atoms with Crippen LogP contribution in [0.25, 0.3) is 0 Å². The van der Waals surface area contributed by atoms with Gasteiger partial charge in [-0.15, -0.1) is 11.8 Å². The number of nitrogens with one attached hydrogen (secondary N) is 1.